The lowest BCUT2D eigenvalue weighted by Crippen LogP contribution is -2.27. The van der Waals surface area contributed by atoms with E-state index in [0.717, 1.165) is 29.8 Å². The molecule has 0 spiro atoms. The summed E-state index contributed by atoms with van der Waals surface area (Å²) in [6.45, 7) is 0.589. The van der Waals surface area contributed by atoms with Crippen LogP contribution in [0.25, 0.3) is 5.65 Å². The Labute approximate surface area is 211 Å². The third-order valence-corrected chi connectivity index (χ3v) is 6.78. The predicted molar refractivity (Wildman–Crippen MR) is 138 cm³/mol. The number of ether oxygens (including phenoxy) is 2. The number of rotatable bonds is 9. The molecule has 1 saturated carbocycles. The summed E-state index contributed by atoms with van der Waals surface area (Å²) >= 11 is 1.28. The molecule has 3 heterocycles. The summed E-state index contributed by atoms with van der Waals surface area (Å²) in [5, 5.41) is 12.7. The molecular weight excluding hydrogens is 480 g/mol. The van der Waals surface area contributed by atoms with Crippen LogP contribution in [0.1, 0.15) is 38.6 Å². The Morgan fingerprint density at radius 3 is 2.67 bits per heavy atom. The van der Waals surface area contributed by atoms with Crippen molar-refractivity contribution < 1.29 is 19.1 Å². The van der Waals surface area contributed by atoms with Crippen molar-refractivity contribution in [2.45, 2.75) is 25.4 Å². The van der Waals surface area contributed by atoms with Crippen molar-refractivity contribution in [2.24, 2.45) is 0 Å². The normalized spacial score (nSPS) is 12.9. The number of nitrogens with zero attached hydrogens (tertiary/aromatic N) is 4. The van der Waals surface area contributed by atoms with Crippen LogP contribution in [-0.4, -0.2) is 53.8 Å². The van der Waals surface area contributed by atoms with Crippen LogP contribution in [0.5, 0.6) is 5.75 Å². The number of hydrogen-bond donors (Lipinski definition) is 2. The van der Waals surface area contributed by atoms with E-state index >= 15 is 0 Å². The second kappa shape index (κ2) is 9.86. The molecule has 1 aliphatic rings. The molecule has 0 atom stereocenters. The maximum atomic E-state index is 12.9. The molecule has 0 aliphatic heterocycles. The number of methoxy groups -OCH3 is 2. The number of thiophene rings is 1. The van der Waals surface area contributed by atoms with E-state index < -0.39 is 5.97 Å². The fourth-order valence-electron chi connectivity index (χ4n) is 3.82. The van der Waals surface area contributed by atoms with E-state index in [1.54, 1.807) is 29.3 Å². The third kappa shape index (κ3) is 4.82. The first-order chi connectivity index (χ1) is 17.5. The van der Waals surface area contributed by atoms with Crippen LogP contribution < -0.4 is 20.3 Å². The molecule has 10 nitrogen and oxygen atoms in total. The standard InChI is InChI=1S/C25H26N6O4S/c1-30(14-15-4-8-17(34-2)9-5-15)19-12-21(28-18-10-11-36-22(18)25(33)35-3)29-31-20(13-26-23(19)31)24(32)27-16-6-7-16/h4-5,8-13,16H,6-7,14H2,1-3H3,(H,27,32)(H,28,29). The zero-order valence-electron chi connectivity index (χ0n) is 20.1. The Bertz CT molecular complexity index is 1410. The first kappa shape index (κ1) is 23.6. The molecule has 1 aromatic carbocycles. The van der Waals surface area contributed by atoms with Gasteiger partial charge in [-0.05, 0) is 42.0 Å². The molecule has 36 heavy (non-hydrogen) atoms. The quantitative estimate of drug-likeness (QED) is 0.330. The number of benzene rings is 1. The zero-order valence-corrected chi connectivity index (χ0v) is 21.0. The second-order valence-corrected chi connectivity index (χ2v) is 9.44. The van der Waals surface area contributed by atoms with Crippen molar-refractivity contribution in [1.82, 2.24) is 19.9 Å². The SMILES string of the molecule is COC(=O)c1sccc1Nc1cc(N(C)Cc2ccc(OC)cc2)c2ncc(C(=O)NC3CC3)n2n1. The Kier molecular flexibility index (Phi) is 6.47. The van der Waals surface area contributed by atoms with Crippen LogP contribution in [0.4, 0.5) is 17.2 Å². The van der Waals surface area contributed by atoms with Crippen molar-refractivity contribution in [3.05, 3.63) is 64.1 Å². The summed E-state index contributed by atoms with van der Waals surface area (Å²) < 4.78 is 11.7. The summed E-state index contributed by atoms with van der Waals surface area (Å²) in [5.41, 5.74) is 3.32. The molecule has 1 fully saturated rings. The van der Waals surface area contributed by atoms with Gasteiger partial charge in [0.05, 0.1) is 31.8 Å². The highest BCUT2D eigenvalue weighted by molar-refractivity contribution is 7.12. The van der Waals surface area contributed by atoms with Crippen LogP contribution in [-0.2, 0) is 11.3 Å². The molecular formula is C25H26N6O4S. The van der Waals surface area contributed by atoms with E-state index in [-0.39, 0.29) is 11.9 Å². The second-order valence-electron chi connectivity index (χ2n) is 8.53. The fourth-order valence-corrected chi connectivity index (χ4v) is 4.59. The number of fused-ring (bicyclic) bond motifs is 1. The number of carbonyl (C=O) groups is 2. The maximum absolute atomic E-state index is 12.9. The number of anilines is 3. The van der Waals surface area contributed by atoms with Crippen LogP contribution in [0.15, 0.2) is 48.0 Å². The number of nitrogens with one attached hydrogen (secondary N) is 2. The predicted octanol–water partition coefficient (Wildman–Crippen LogP) is 3.86. The van der Waals surface area contributed by atoms with Gasteiger partial charge in [-0.2, -0.15) is 0 Å². The number of hydrogen-bond acceptors (Lipinski definition) is 9. The van der Waals surface area contributed by atoms with Crippen LogP contribution in [0, 0.1) is 0 Å². The van der Waals surface area contributed by atoms with Gasteiger partial charge in [-0.15, -0.1) is 16.4 Å². The summed E-state index contributed by atoms with van der Waals surface area (Å²) in [6.07, 6.45) is 3.50. The first-order valence-corrected chi connectivity index (χ1v) is 12.3. The number of amides is 1. The Morgan fingerprint density at radius 2 is 1.97 bits per heavy atom. The van der Waals surface area contributed by atoms with Gasteiger partial charge in [0.15, 0.2) is 17.2 Å². The molecule has 0 unspecified atom stereocenters. The molecule has 0 radical (unpaired) electrons. The maximum Gasteiger partial charge on any atom is 0.350 e. The van der Waals surface area contributed by atoms with Crippen molar-refractivity contribution in [2.75, 3.05) is 31.5 Å². The average molecular weight is 507 g/mol. The molecule has 1 aliphatic carbocycles. The molecule has 0 bridgehead atoms. The van der Waals surface area contributed by atoms with Gasteiger partial charge in [-0.1, -0.05) is 12.1 Å². The smallest absolute Gasteiger partial charge is 0.350 e. The van der Waals surface area contributed by atoms with Crippen molar-refractivity contribution in [3.8, 4) is 5.75 Å². The number of carbonyl (C=O) groups excluding carboxylic acids is 2. The number of esters is 1. The molecule has 3 aromatic heterocycles. The van der Waals surface area contributed by atoms with Crippen molar-refractivity contribution in [3.63, 3.8) is 0 Å². The molecule has 5 rings (SSSR count). The summed E-state index contributed by atoms with van der Waals surface area (Å²) in [7, 11) is 4.93. The summed E-state index contributed by atoms with van der Waals surface area (Å²) in [6, 6.07) is 11.7. The lowest BCUT2D eigenvalue weighted by molar-refractivity contribution is 0.0607. The van der Waals surface area contributed by atoms with Gasteiger partial charge < -0.3 is 25.0 Å². The van der Waals surface area contributed by atoms with E-state index in [4.69, 9.17) is 9.47 Å². The Morgan fingerprint density at radius 1 is 1.19 bits per heavy atom. The van der Waals surface area contributed by atoms with Crippen LogP contribution in [0.2, 0.25) is 0 Å². The van der Waals surface area contributed by atoms with E-state index in [0.29, 0.717) is 34.3 Å². The van der Waals surface area contributed by atoms with Crippen LogP contribution >= 0.6 is 11.3 Å². The van der Waals surface area contributed by atoms with Crippen molar-refractivity contribution in [1.29, 1.82) is 0 Å². The van der Waals surface area contributed by atoms with E-state index in [1.165, 1.54) is 18.4 Å². The van der Waals surface area contributed by atoms with Crippen LogP contribution in [0.3, 0.4) is 0 Å². The molecule has 4 aromatic rings. The summed E-state index contributed by atoms with van der Waals surface area (Å²) in [5.74, 6) is 0.596. The highest BCUT2D eigenvalue weighted by Crippen LogP contribution is 2.30. The molecule has 186 valence electrons. The van der Waals surface area contributed by atoms with E-state index in [2.05, 4.69) is 20.7 Å². The van der Waals surface area contributed by atoms with Gasteiger partial charge in [0.1, 0.15) is 10.6 Å². The van der Waals surface area contributed by atoms with E-state index in [9.17, 15) is 9.59 Å². The average Bonchev–Trinajstić information content (AvgIpc) is 3.40. The number of imidazole rings is 1. The van der Waals surface area contributed by atoms with Gasteiger partial charge >= 0.3 is 5.97 Å². The van der Waals surface area contributed by atoms with Crippen molar-refractivity contribution >= 4 is 46.1 Å². The minimum absolute atomic E-state index is 0.204. The molecule has 2 N–H and O–H groups in total. The summed E-state index contributed by atoms with van der Waals surface area (Å²) in [4.78, 5) is 32.1. The topological polar surface area (TPSA) is 110 Å². The fraction of sp³-hybridized carbons (Fsp3) is 0.280. The Balaban J connectivity index is 1.53. The minimum Gasteiger partial charge on any atom is -0.497 e. The van der Waals surface area contributed by atoms with Gasteiger partial charge in [0.25, 0.3) is 5.91 Å². The highest BCUT2D eigenvalue weighted by atomic mass is 32.1. The lowest BCUT2D eigenvalue weighted by atomic mass is 10.2. The third-order valence-electron chi connectivity index (χ3n) is 5.88. The minimum atomic E-state index is -0.433. The largest absolute Gasteiger partial charge is 0.497 e. The van der Waals surface area contributed by atoms with Gasteiger partial charge in [-0.25, -0.2) is 14.3 Å². The van der Waals surface area contributed by atoms with Gasteiger partial charge in [0, 0.05) is 25.7 Å². The number of aromatic nitrogens is 3. The van der Waals surface area contributed by atoms with E-state index in [1.807, 2.05) is 42.3 Å². The van der Waals surface area contributed by atoms with Gasteiger partial charge in [-0.3, -0.25) is 4.79 Å². The highest BCUT2D eigenvalue weighted by Gasteiger charge is 2.26. The Hall–Kier alpha value is -4.12. The first-order valence-electron chi connectivity index (χ1n) is 11.4. The molecule has 11 heteroatoms. The monoisotopic (exact) mass is 506 g/mol. The molecule has 1 amide bonds. The lowest BCUT2D eigenvalue weighted by Gasteiger charge is -2.21. The zero-order chi connectivity index (χ0) is 25.2. The van der Waals surface area contributed by atoms with Gasteiger partial charge in [0.2, 0.25) is 0 Å². The molecule has 0 saturated heterocycles.